The Morgan fingerprint density at radius 2 is 1.78 bits per heavy atom. The Morgan fingerprint density at radius 3 is 2.48 bits per heavy atom. The second-order valence-corrected chi connectivity index (χ2v) is 4.91. The summed E-state index contributed by atoms with van der Waals surface area (Å²) in [6.07, 6.45) is 0. The number of hydrogen-bond acceptors (Lipinski definition) is 4. The maximum absolute atomic E-state index is 11.5. The summed E-state index contributed by atoms with van der Waals surface area (Å²) >= 11 is 0. The van der Waals surface area contributed by atoms with Crippen molar-refractivity contribution in [1.29, 1.82) is 5.26 Å². The molecule has 23 heavy (non-hydrogen) atoms. The second-order valence-electron chi connectivity index (χ2n) is 4.91. The third-order valence-corrected chi connectivity index (χ3v) is 3.33. The largest absolute Gasteiger partial charge is 0.457 e. The van der Waals surface area contributed by atoms with Crippen LogP contribution in [0.15, 0.2) is 65.5 Å². The topological polar surface area (TPSA) is 67.9 Å². The molecule has 0 atom stereocenters. The van der Waals surface area contributed by atoms with Crippen LogP contribution in [-0.2, 0) is 7.05 Å². The number of hydrogen-bond donors (Lipinski definition) is 0. The maximum Gasteiger partial charge on any atom is 0.266 e. The van der Waals surface area contributed by atoms with E-state index in [2.05, 4.69) is 11.2 Å². The molecule has 0 spiro atoms. The zero-order chi connectivity index (χ0) is 16.2. The van der Waals surface area contributed by atoms with E-state index in [1.165, 1.54) is 10.7 Å². The highest BCUT2D eigenvalue weighted by Crippen LogP contribution is 2.31. The Kier molecular flexibility index (Phi) is 3.89. The van der Waals surface area contributed by atoms with Crippen LogP contribution in [0.4, 0.5) is 0 Å². The lowest BCUT2D eigenvalue weighted by Crippen LogP contribution is -2.18. The molecule has 3 aromatic rings. The van der Waals surface area contributed by atoms with Gasteiger partial charge in [0.1, 0.15) is 11.5 Å². The van der Waals surface area contributed by atoms with Crippen LogP contribution in [0.2, 0.25) is 0 Å². The average molecular weight is 303 g/mol. The predicted octanol–water partition coefficient (Wildman–Crippen LogP) is 3.11. The van der Waals surface area contributed by atoms with Crippen LogP contribution in [0, 0.1) is 11.3 Å². The Bertz CT molecular complexity index is 937. The van der Waals surface area contributed by atoms with Crippen molar-refractivity contribution in [2.45, 2.75) is 0 Å². The molecule has 2 aromatic carbocycles. The number of ether oxygens (including phenoxy) is 1. The van der Waals surface area contributed by atoms with Crippen LogP contribution < -0.4 is 10.3 Å². The van der Waals surface area contributed by atoms with Crippen molar-refractivity contribution in [3.63, 3.8) is 0 Å². The standard InChI is InChI=1S/C18H13N3O2/c1-21-18(22)11-10-16(20-21)15-4-2-3-5-17(15)23-14-8-6-13(12-19)7-9-14/h2-11H,1H3. The van der Waals surface area contributed by atoms with Gasteiger partial charge in [-0.3, -0.25) is 4.79 Å². The monoisotopic (exact) mass is 303 g/mol. The highest BCUT2D eigenvalue weighted by Gasteiger charge is 2.09. The number of aromatic nitrogens is 2. The van der Waals surface area contributed by atoms with Gasteiger partial charge in [0.25, 0.3) is 5.56 Å². The normalized spacial score (nSPS) is 10.1. The first-order valence-corrected chi connectivity index (χ1v) is 6.99. The quantitative estimate of drug-likeness (QED) is 0.745. The summed E-state index contributed by atoms with van der Waals surface area (Å²) in [4.78, 5) is 11.5. The van der Waals surface area contributed by atoms with Crippen LogP contribution in [-0.4, -0.2) is 9.78 Å². The number of aryl methyl sites for hydroxylation is 1. The van der Waals surface area contributed by atoms with Gasteiger partial charge in [0.05, 0.1) is 17.3 Å². The number of nitriles is 1. The molecule has 0 aliphatic carbocycles. The molecule has 1 heterocycles. The minimum atomic E-state index is -0.167. The molecule has 0 aliphatic heterocycles. The van der Waals surface area contributed by atoms with Gasteiger partial charge in [-0.15, -0.1) is 0 Å². The van der Waals surface area contributed by atoms with Crippen molar-refractivity contribution in [3.05, 3.63) is 76.6 Å². The van der Waals surface area contributed by atoms with Crippen molar-refractivity contribution in [1.82, 2.24) is 9.78 Å². The summed E-state index contributed by atoms with van der Waals surface area (Å²) in [5, 5.41) is 13.1. The van der Waals surface area contributed by atoms with Gasteiger partial charge in [0, 0.05) is 18.7 Å². The van der Waals surface area contributed by atoms with Gasteiger partial charge in [-0.2, -0.15) is 10.4 Å². The van der Waals surface area contributed by atoms with Crippen molar-refractivity contribution in [3.8, 4) is 28.8 Å². The lowest BCUT2D eigenvalue weighted by molar-refractivity contribution is 0.484. The van der Waals surface area contributed by atoms with Crippen molar-refractivity contribution in [2.75, 3.05) is 0 Å². The van der Waals surface area contributed by atoms with Gasteiger partial charge < -0.3 is 4.74 Å². The molecular weight excluding hydrogens is 290 g/mol. The van der Waals surface area contributed by atoms with Crippen molar-refractivity contribution < 1.29 is 4.74 Å². The fourth-order valence-corrected chi connectivity index (χ4v) is 2.14. The Balaban J connectivity index is 1.98. The van der Waals surface area contributed by atoms with E-state index in [4.69, 9.17) is 10.00 Å². The summed E-state index contributed by atoms with van der Waals surface area (Å²) in [6, 6.07) is 19.5. The number of para-hydroxylation sites is 1. The van der Waals surface area contributed by atoms with Gasteiger partial charge in [0.2, 0.25) is 0 Å². The lowest BCUT2D eigenvalue weighted by atomic mass is 10.1. The third-order valence-electron chi connectivity index (χ3n) is 3.33. The summed E-state index contributed by atoms with van der Waals surface area (Å²) in [5.74, 6) is 1.25. The minimum absolute atomic E-state index is 0.167. The van der Waals surface area contributed by atoms with Crippen LogP contribution in [0.1, 0.15) is 5.56 Å². The molecule has 0 fully saturated rings. The van der Waals surface area contributed by atoms with Gasteiger partial charge in [0.15, 0.2) is 0 Å². The average Bonchev–Trinajstić information content (AvgIpc) is 2.59. The zero-order valence-corrected chi connectivity index (χ0v) is 12.4. The highest BCUT2D eigenvalue weighted by molar-refractivity contribution is 5.67. The Labute approximate surface area is 133 Å². The molecule has 0 N–H and O–H groups in total. The SMILES string of the molecule is Cn1nc(-c2ccccc2Oc2ccc(C#N)cc2)ccc1=O. The first kappa shape index (κ1) is 14.5. The van der Waals surface area contributed by atoms with E-state index in [1.54, 1.807) is 37.4 Å². The minimum Gasteiger partial charge on any atom is -0.457 e. The summed E-state index contributed by atoms with van der Waals surface area (Å²) in [6.45, 7) is 0. The molecule has 0 amide bonds. The lowest BCUT2D eigenvalue weighted by Gasteiger charge is -2.11. The number of rotatable bonds is 3. The van der Waals surface area contributed by atoms with Crippen LogP contribution in [0.25, 0.3) is 11.3 Å². The van der Waals surface area contributed by atoms with Crippen LogP contribution in [0.5, 0.6) is 11.5 Å². The Morgan fingerprint density at radius 1 is 1.04 bits per heavy atom. The van der Waals surface area contributed by atoms with E-state index >= 15 is 0 Å². The first-order chi connectivity index (χ1) is 11.2. The molecule has 0 radical (unpaired) electrons. The molecule has 3 rings (SSSR count). The second kappa shape index (κ2) is 6.16. The van der Waals surface area contributed by atoms with Crippen molar-refractivity contribution in [2.24, 2.45) is 7.05 Å². The molecule has 112 valence electrons. The van der Waals surface area contributed by atoms with Crippen LogP contribution >= 0.6 is 0 Å². The molecule has 5 heteroatoms. The van der Waals surface area contributed by atoms with E-state index < -0.39 is 0 Å². The maximum atomic E-state index is 11.5. The van der Waals surface area contributed by atoms with E-state index in [0.29, 0.717) is 22.8 Å². The molecule has 5 nitrogen and oxygen atoms in total. The molecular formula is C18H13N3O2. The van der Waals surface area contributed by atoms with Crippen molar-refractivity contribution >= 4 is 0 Å². The predicted molar refractivity (Wildman–Crippen MR) is 86.1 cm³/mol. The van der Waals surface area contributed by atoms with Crippen LogP contribution in [0.3, 0.4) is 0 Å². The molecule has 0 saturated heterocycles. The smallest absolute Gasteiger partial charge is 0.266 e. The zero-order valence-electron chi connectivity index (χ0n) is 12.4. The summed E-state index contributed by atoms with van der Waals surface area (Å²) in [5.41, 5.74) is 1.84. The fraction of sp³-hybridized carbons (Fsp3) is 0.0556. The first-order valence-electron chi connectivity index (χ1n) is 6.99. The number of nitrogens with zero attached hydrogens (tertiary/aromatic N) is 3. The molecule has 0 bridgehead atoms. The molecule has 0 saturated carbocycles. The molecule has 0 aliphatic rings. The van der Waals surface area contributed by atoms with E-state index in [9.17, 15) is 4.79 Å². The van der Waals surface area contributed by atoms with E-state index in [-0.39, 0.29) is 5.56 Å². The molecule has 1 aromatic heterocycles. The fourth-order valence-electron chi connectivity index (χ4n) is 2.14. The Hall–Kier alpha value is -3.39. The van der Waals surface area contributed by atoms with Gasteiger partial charge in [-0.05, 0) is 42.5 Å². The van der Waals surface area contributed by atoms with Gasteiger partial charge in [-0.1, -0.05) is 12.1 Å². The number of benzene rings is 2. The van der Waals surface area contributed by atoms with E-state index in [1.807, 2.05) is 24.3 Å². The summed E-state index contributed by atoms with van der Waals surface area (Å²) in [7, 11) is 1.61. The summed E-state index contributed by atoms with van der Waals surface area (Å²) < 4.78 is 7.18. The molecule has 0 unspecified atom stereocenters. The van der Waals surface area contributed by atoms with E-state index in [0.717, 1.165) is 5.56 Å². The van der Waals surface area contributed by atoms with Gasteiger partial charge >= 0.3 is 0 Å². The highest BCUT2D eigenvalue weighted by atomic mass is 16.5. The third kappa shape index (κ3) is 3.11. The van der Waals surface area contributed by atoms with Gasteiger partial charge in [-0.25, -0.2) is 4.68 Å².